The van der Waals surface area contributed by atoms with Crippen LogP contribution in [-0.2, 0) is 14.8 Å². The molecule has 20 heavy (non-hydrogen) atoms. The van der Waals surface area contributed by atoms with Gasteiger partial charge >= 0.3 is 0 Å². The first-order valence-corrected chi connectivity index (χ1v) is 9.40. The zero-order valence-electron chi connectivity index (χ0n) is 11.9. The minimum Gasteiger partial charge on any atom is -0.389 e. The predicted octanol–water partition coefficient (Wildman–Crippen LogP) is 1.03. The molecular weight excluding hydrogens is 278 g/mol. The van der Waals surface area contributed by atoms with Gasteiger partial charge in [0.25, 0.3) is 0 Å². The van der Waals surface area contributed by atoms with Gasteiger partial charge in [0.1, 0.15) is 0 Å². The van der Waals surface area contributed by atoms with Crippen LogP contribution in [0, 0.1) is 11.3 Å². The average Bonchev–Trinajstić information content (AvgIpc) is 3.11. The lowest BCUT2D eigenvalue weighted by atomic mass is 9.87. The zero-order valence-corrected chi connectivity index (χ0v) is 12.7. The molecule has 0 radical (unpaired) electrons. The van der Waals surface area contributed by atoms with Crippen molar-refractivity contribution in [3.63, 3.8) is 0 Å². The van der Waals surface area contributed by atoms with Crippen LogP contribution >= 0.6 is 0 Å². The molecule has 2 N–H and O–H groups in total. The summed E-state index contributed by atoms with van der Waals surface area (Å²) in [6.45, 7) is 0.742. The highest BCUT2D eigenvalue weighted by molar-refractivity contribution is 7.89. The molecule has 2 bridgehead atoms. The normalized spacial score (nSPS) is 38.5. The van der Waals surface area contributed by atoms with E-state index in [0.717, 1.165) is 38.0 Å². The van der Waals surface area contributed by atoms with Crippen LogP contribution in [0.25, 0.3) is 0 Å². The van der Waals surface area contributed by atoms with Crippen molar-refractivity contribution < 1.29 is 18.3 Å². The lowest BCUT2D eigenvalue weighted by Gasteiger charge is -2.26. The molecule has 0 aromatic heterocycles. The minimum absolute atomic E-state index is 0.0192. The van der Waals surface area contributed by atoms with E-state index in [2.05, 4.69) is 4.72 Å². The molecule has 0 aromatic carbocycles. The van der Waals surface area contributed by atoms with E-state index in [4.69, 9.17) is 4.74 Å². The summed E-state index contributed by atoms with van der Waals surface area (Å²) in [5.41, 5.74) is 0.0192. The van der Waals surface area contributed by atoms with Gasteiger partial charge in [-0.1, -0.05) is 0 Å². The molecule has 3 rings (SSSR count). The maximum Gasteiger partial charge on any atom is 0.212 e. The molecule has 0 spiro atoms. The van der Waals surface area contributed by atoms with Gasteiger partial charge < -0.3 is 9.84 Å². The third-order valence-corrected chi connectivity index (χ3v) is 6.89. The van der Waals surface area contributed by atoms with E-state index in [-0.39, 0.29) is 23.8 Å². The highest BCUT2D eigenvalue weighted by Gasteiger charge is 2.47. The van der Waals surface area contributed by atoms with E-state index in [1.54, 1.807) is 0 Å². The third-order valence-electron chi connectivity index (χ3n) is 5.29. The molecule has 2 unspecified atom stereocenters. The summed E-state index contributed by atoms with van der Waals surface area (Å²) in [7, 11) is -3.30. The molecule has 0 amide bonds. The first-order chi connectivity index (χ1) is 9.48. The number of rotatable bonds is 6. The van der Waals surface area contributed by atoms with Crippen molar-refractivity contribution in [1.82, 2.24) is 4.72 Å². The molecule has 1 aliphatic heterocycles. The molecule has 1 saturated heterocycles. The SMILES string of the molecule is O=S(=O)(CC12CCC(CC1)C2)NCC(O)C1CCCO1. The van der Waals surface area contributed by atoms with Gasteiger partial charge in [-0.05, 0) is 56.3 Å². The van der Waals surface area contributed by atoms with Crippen molar-refractivity contribution >= 4 is 10.0 Å². The summed E-state index contributed by atoms with van der Waals surface area (Å²) >= 11 is 0. The Morgan fingerprint density at radius 3 is 2.60 bits per heavy atom. The first kappa shape index (κ1) is 14.8. The quantitative estimate of drug-likeness (QED) is 0.768. The Bertz CT molecular complexity index is 436. The molecule has 0 aromatic rings. The molecular formula is C14H25NO4S. The lowest BCUT2D eigenvalue weighted by Crippen LogP contribution is -2.42. The summed E-state index contributed by atoms with van der Waals surface area (Å²) in [6, 6.07) is 0. The minimum atomic E-state index is -3.30. The van der Waals surface area contributed by atoms with Crippen LogP contribution in [-0.4, -0.2) is 44.6 Å². The highest BCUT2D eigenvalue weighted by atomic mass is 32.2. The number of hydrogen-bond donors (Lipinski definition) is 2. The van der Waals surface area contributed by atoms with Crippen LogP contribution in [0.4, 0.5) is 0 Å². The van der Waals surface area contributed by atoms with Crippen LogP contribution in [0.2, 0.25) is 0 Å². The summed E-state index contributed by atoms with van der Waals surface area (Å²) in [5.74, 6) is 0.983. The van der Waals surface area contributed by atoms with Gasteiger partial charge in [0, 0.05) is 13.2 Å². The number of ether oxygens (including phenoxy) is 1. The molecule has 2 aliphatic carbocycles. The number of aliphatic hydroxyl groups excluding tert-OH is 1. The summed E-state index contributed by atoms with van der Waals surface area (Å²) < 4.78 is 32.4. The van der Waals surface area contributed by atoms with E-state index in [9.17, 15) is 13.5 Å². The van der Waals surface area contributed by atoms with Crippen LogP contribution in [0.15, 0.2) is 0 Å². The molecule has 3 fully saturated rings. The molecule has 2 atom stereocenters. The van der Waals surface area contributed by atoms with Crippen molar-refractivity contribution in [2.45, 2.75) is 57.2 Å². The predicted molar refractivity (Wildman–Crippen MR) is 75.8 cm³/mol. The Morgan fingerprint density at radius 1 is 1.30 bits per heavy atom. The van der Waals surface area contributed by atoms with Gasteiger partial charge in [-0.15, -0.1) is 0 Å². The Hall–Kier alpha value is -0.170. The van der Waals surface area contributed by atoms with Gasteiger partial charge in [-0.3, -0.25) is 0 Å². The number of sulfonamides is 1. The number of aliphatic hydroxyl groups is 1. The van der Waals surface area contributed by atoms with Crippen LogP contribution in [0.1, 0.15) is 44.9 Å². The number of fused-ring (bicyclic) bond motifs is 2. The Labute approximate surface area is 121 Å². The van der Waals surface area contributed by atoms with Gasteiger partial charge in [-0.2, -0.15) is 0 Å². The fourth-order valence-electron chi connectivity index (χ4n) is 4.22. The van der Waals surface area contributed by atoms with Crippen molar-refractivity contribution in [2.75, 3.05) is 18.9 Å². The highest BCUT2D eigenvalue weighted by Crippen LogP contribution is 2.54. The van der Waals surface area contributed by atoms with E-state index in [1.165, 1.54) is 12.8 Å². The largest absolute Gasteiger partial charge is 0.389 e. The Morgan fingerprint density at radius 2 is 2.05 bits per heavy atom. The standard InChI is InChI=1S/C14H25NO4S/c16-12(13-2-1-7-19-13)9-15-20(17,18)10-14-5-3-11(8-14)4-6-14/h11-13,15-16H,1-10H2. The van der Waals surface area contributed by atoms with Crippen LogP contribution in [0.5, 0.6) is 0 Å². The number of nitrogens with one attached hydrogen (secondary N) is 1. The first-order valence-electron chi connectivity index (χ1n) is 7.75. The maximum absolute atomic E-state index is 12.2. The summed E-state index contributed by atoms with van der Waals surface area (Å²) in [5, 5.41) is 9.95. The van der Waals surface area contributed by atoms with Gasteiger partial charge in [0.05, 0.1) is 18.0 Å². The molecule has 1 heterocycles. The second-order valence-electron chi connectivity index (χ2n) is 6.87. The Balaban J connectivity index is 1.51. The van der Waals surface area contributed by atoms with Gasteiger partial charge in [-0.25, -0.2) is 13.1 Å². The fourth-order valence-corrected chi connectivity index (χ4v) is 5.96. The van der Waals surface area contributed by atoms with Crippen molar-refractivity contribution in [2.24, 2.45) is 11.3 Å². The number of hydrogen-bond acceptors (Lipinski definition) is 4. The summed E-state index contributed by atoms with van der Waals surface area (Å²) in [4.78, 5) is 0. The second kappa shape index (κ2) is 5.55. The topological polar surface area (TPSA) is 75.6 Å². The molecule has 3 aliphatic rings. The van der Waals surface area contributed by atoms with E-state index in [0.29, 0.717) is 6.61 Å². The zero-order chi connectivity index (χ0) is 14.2. The Kier molecular flexibility index (Phi) is 4.10. The third kappa shape index (κ3) is 3.18. The summed E-state index contributed by atoms with van der Waals surface area (Å²) in [6.07, 6.45) is 6.36. The average molecular weight is 303 g/mol. The smallest absolute Gasteiger partial charge is 0.212 e. The molecule has 5 nitrogen and oxygen atoms in total. The van der Waals surface area contributed by atoms with E-state index in [1.807, 2.05) is 0 Å². The van der Waals surface area contributed by atoms with Crippen LogP contribution < -0.4 is 4.72 Å². The van der Waals surface area contributed by atoms with E-state index >= 15 is 0 Å². The van der Waals surface area contributed by atoms with Crippen molar-refractivity contribution in [3.05, 3.63) is 0 Å². The lowest BCUT2D eigenvalue weighted by molar-refractivity contribution is 0.00193. The van der Waals surface area contributed by atoms with Crippen LogP contribution in [0.3, 0.4) is 0 Å². The molecule has 2 saturated carbocycles. The molecule has 6 heteroatoms. The van der Waals surface area contributed by atoms with Crippen molar-refractivity contribution in [3.8, 4) is 0 Å². The van der Waals surface area contributed by atoms with Crippen molar-refractivity contribution in [1.29, 1.82) is 0 Å². The van der Waals surface area contributed by atoms with Gasteiger partial charge in [0.2, 0.25) is 10.0 Å². The maximum atomic E-state index is 12.2. The monoisotopic (exact) mass is 303 g/mol. The molecule has 116 valence electrons. The second-order valence-corrected chi connectivity index (χ2v) is 8.68. The fraction of sp³-hybridized carbons (Fsp3) is 1.00. The van der Waals surface area contributed by atoms with Gasteiger partial charge in [0.15, 0.2) is 0 Å². The van der Waals surface area contributed by atoms with E-state index < -0.39 is 16.1 Å².